The Labute approximate surface area is 169 Å². The Hall–Kier alpha value is -2.59. The summed E-state index contributed by atoms with van der Waals surface area (Å²) in [6.45, 7) is 0.248. The minimum Gasteiger partial charge on any atom is -0.497 e. The molecule has 0 bridgehead atoms. The fourth-order valence-electron chi connectivity index (χ4n) is 2.35. The van der Waals surface area contributed by atoms with Crippen molar-refractivity contribution in [3.63, 3.8) is 0 Å². The van der Waals surface area contributed by atoms with E-state index in [1.165, 1.54) is 18.0 Å². The molecule has 11 heteroatoms. The molecule has 0 aliphatic heterocycles. The summed E-state index contributed by atoms with van der Waals surface area (Å²) in [6, 6.07) is 7.28. The van der Waals surface area contributed by atoms with E-state index in [4.69, 9.17) is 21.1 Å². The minimum atomic E-state index is -0.829. The van der Waals surface area contributed by atoms with Crippen molar-refractivity contribution in [2.75, 3.05) is 18.5 Å². The first-order valence-electron chi connectivity index (χ1n) is 7.96. The number of nitrogens with zero attached hydrogens (tertiary/aromatic N) is 5. The summed E-state index contributed by atoms with van der Waals surface area (Å²) in [5.74, 6) is -0.127. The van der Waals surface area contributed by atoms with Gasteiger partial charge < -0.3 is 9.47 Å². The molecule has 0 aliphatic carbocycles. The van der Waals surface area contributed by atoms with Gasteiger partial charge in [0.2, 0.25) is 0 Å². The highest BCUT2D eigenvalue weighted by atomic mass is 35.5. The van der Waals surface area contributed by atoms with Crippen molar-refractivity contribution in [3.8, 4) is 11.5 Å². The van der Waals surface area contributed by atoms with Crippen molar-refractivity contribution in [2.45, 2.75) is 11.4 Å². The zero-order valence-electron chi connectivity index (χ0n) is 15.2. The number of aromatic nitrogens is 4. The zero-order chi connectivity index (χ0) is 20.3. The Kier molecular flexibility index (Phi) is 6.20. The predicted molar refractivity (Wildman–Crippen MR) is 102 cm³/mol. The molecule has 0 unspecified atom stereocenters. The van der Waals surface area contributed by atoms with E-state index < -0.39 is 11.6 Å². The maximum atomic E-state index is 14.2. The van der Waals surface area contributed by atoms with Crippen LogP contribution >= 0.6 is 23.5 Å². The van der Waals surface area contributed by atoms with Crippen molar-refractivity contribution in [1.82, 2.24) is 20.2 Å². The third-order valence-corrected chi connectivity index (χ3v) is 5.02. The molecule has 2 aromatic carbocycles. The van der Waals surface area contributed by atoms with Gasteiger partial charge in [0.1, 0.15) is 23.1 Å². The number of rotatable bonds is 7. The summed E-state index contributed by atoms with van der Waals surface area (Å²) >= 11 is 6.78. The van der Waals surface area contributed by atoms with Gasteiger partial charge >= 0.3 is 0 Å². The first-order chi connectivity index (χ1) is 13.4. The molecule has 0 fully saturated rings. The van der Waals surface area contributed by atoms with E-state index in [2.05, 4.69) is 15.4 Å². The van der Waals surface area contributed by atoms with E-state index in [1.807, 2.05) is 6.07 Å². The van der Waals surface area contributed by atoms with E-state index in [0.717, 1.165) is 23.6 Å². The number of hydrogen-bond donors (Lipinski definition) is 0. The number of methoxy groups -OCH3 is 2. The highest BCUT2D eigenvalue weighted by Crippen LogP contribution is 2.35. The van der Waals surface area contributed by atoms with Crippen molar-refractivity contribution in [2.24, 2.45) is 7.05 Å². The predicted octanol–water partition coefficient (Wildman–Crippen LogP) is 3.87. The lowest BCUT2D eigenvalue weighted by atomic mass is 10.2. The first-order valence-corrected chi connectivity index (χ1v) is 9.11. The summed E-state index contributed by atoms with van der Waals surface area (Å²) < 4.78 is 39.9. The van der Waals surface area contributed by atoms with Crippen LogP contribution in [0, 0.1) is 11.6 Å². The molecule has 3 rings (SSSR count). The van der Waals surface area contributed by atoms with Gasteiger partial charge in [0.05, 0.1) is 37.7 Å². The van der Waals surface area contributed by atoms with E-state index >= 15 is 0 Å². The monoisotopic (exact) mass is 427 g/mol. The summed E-state index contributed by atoms with van der Waals surface area (Å²) in [7, 11) is 4.71. The van der Waals surface area contributed by atoms with Gasteiger partial charge in [0.25, 0.3) is 5.95 Å². The average Bonchev–Trinajstić information content (AvgIpc) is 3.11. The van der Waals surface area contributed by atoms with Crippen LogP contribution in [-0.4, -0.2) is 34.4 Å². The van der Waals surface area contributed by atoms with Gasteiger partial charge in [-0.3, -0.25) is 4.31 Å². The van der Waals surface area contributed by atoms with Crippen molar-refractivity contribution in [3.05, 3.63) is 52.6 Å². The minimum absolute atomic E-state index is 0.117. The van der Waals surface area contributed by atoms with Crippen LogP contribution in [0.3, 0.4) is 0 Å². The molecule has 0 amide bonds. The maximum Gasteiger partial charge on any atom is 0.276 e. The number of hydrogen-bond acceptors (Lipinski definition) is 7. The molecule has 28 heavy (non-hydrogen) atoms. The van der Waals surface area contributed by atoms with Crippen LogP contribution in [-0.2, 0) is 13.6 Å². The van der Waals surface area contributed by atoms with Crippen LogP contribution in [0.2, 0.25) is 5.02 Å². The third kappa shape index (κ3) is 4.45. The molecule has 0 saturated heterocycles. The van der Waals surface area contributed by atoms with E-state index in [9.17, 15) is 8.78 Å². The van der Waals surface area contributed by atoms with Gasteiger partial charge in [-0.2, -0.15) is 4.80 Å². The first kappa shape index (κ1) is 20.2. The molecule has 0 aliphatic rings. The third-order valence-electron chi connectivity index (χ3n) is 3.71. The second kappa shape index (κ2) is 8.61. The standard InChI is InChI=1S/C17H16ClF2N5O2S/c1-24-22-17(21-23-24)25(28-16-7-12(18)13(19)8-14(16)20)9-10-4-5-11(26-2)6-15(10)27-3/h4-8H,9H2,1-3H3. The molecule has 1 aromatic heterocycles. The van der Waals surface area contributed by atoms with E-state index in [0.29, 0.717) is 11.5 Å². The molecule has 0 N–H and O–H groups in total. The highest BCUT2D eigenvalue weighted by Gasteiger charge is 2.20. The van der Waals surface area contributed by atoms with Gasteiger partial charge in [-0.05, 0) is 35.4 Å². The molecule has 7 nitrogen and oxygen atoms in total. The van der Waals surface area contributed by atoms with Crippen LogP contribution in [0.1, 0.15) is 5.56 Å². The average molecular weight is 428 g/mol. The van der Waals surface area contributed by atoms with Gasteiger partial charge in [-0.1, -0.05) is 16.7 Å². The molecule has 0 saturated carbocycles. The summed E-state index contributed by atoms with van der Waals surface area (Å²) in [5.41, 5.74) is 0.775. The Morgan fingerprint density at radius 3 is 2.57 bits per heavy atom. The lowest BCUT2D eigenvalue weighted by molar-refractivity contribution is 0.391. The smallest absolute Gasteiger partial charge is 0.276 e. The maximum absolute atomic E-state index is 14.2. The molecule has 0 radical (unpaired) electrons. The molecule has 0 spiro atoms. The summed E-state index contributed by atoms with van der Waals surface area (Å²) in [4.78, 5) is 1.40. The topological polar surface area (TPSA) is 65.3 Å². The molecular weight excluding hydrogens is 412 g/mol. The molecule has 3 aromatic rings. The molecule has 0 atom stereocenters. The Bertz CT molecular complexity index is 988. The number of halogens is 3. The van der Waals surface area contributed by atoms with Crippen molar-refractivity contribution < 1.29 is 18.3 Å². The molecule has 148 valence electrons. The highest BCUT2D eigenvalue weighted by molar-refractivity contribution is 8.00. The summed E-state index contributed by atoms with van der Waals surface area (Å²) in [6.07, 6.45) is 0. The Morgan fingerprint density at radius 2 is 1.93 bits per heavy atom. The van der Waals surface area contributed by atoms with Crippen LogP contribution in [0.15, 0.2) is 35.2 Å². The second-order valence-electron chi connectivity index (χ2n) is 5.58. The largest absolute Gasteiger partial charge is 0.497 e. The molecule has 1 heterocycles. The van der Waals surface area contributed by atoms with E-state index in [1.54, 1.807) is 30.6 Å². The number of aryl methyl sites for hydroxylation is 1. The van der Waals surface area contributed by atoms with Crippen LogP contribution < -0.4 is 13.8 Å². The van der Waals surface area contributed by atoms with Gasteiger partial charge in [0, 0.05) is 17.7 Å². The van der Waals surface area contributed by atoms with Gasteiger partial charge in [-0.15, -0.1) is 5.10 Å². The number of anilines is 1. The quantitative estimate of drug-likeness (QED) is 0.419. The SMILES string of the molecule is COc1ccc(CN(Sc2cc(Cl)c(F)cc2F)c2nnn(C)n2)c(OC)c1. The van der Waals surface area contributed by atoms with E-state index in [-0.39, 0.29) is 22.4 Å². The lowest BCUT2D eigenvalue weighted by Crippen LogP contribution is -2.17. The molecular formula is C17H16ClF2N5O2S. The van der Waals surface area contributed by atoms with Crippen LogP contribution in [0.5, 0.6) is 11.5 Å². The van der Waals surface area contributed by atoms with Crippen LogP contribution in [0.4, 0.5) is 14.7 Å². The number of benzene rings is 2. The Morgan fingerprint density at radius 1 is 1.14 bits per heavy atom. The fourth-order valence-corrected chi connectivity index (χ4v) is 3.49. The van der Waals surface area contributed by atoms with Gasteiger partial charge in [0.15, 0.2) is 0 Å². The second-order valence-corrected chi connectivity index (χ2v) is 7.05. The van der Waals surface area contributed by atoms with Gasteiger partial charge in [-0.25, -0.2) is 8.78 Å². The Balaban J connectivity index is 1.96. The van der Waals surface area contributed by atoms with Crippen LogP contribution in [0.25, 0.3) is 0 Å². The van der Waals surface area contributed by atoms with Crippen molar-refractivity contribution >= 4 is 29.5 Å². The van der Waals surface area contributed by atoms with Crippen molar-refractivity contribution in [1.29, 1.82) is 0 Å². The number of ether oxygens (including phenoxy) is 2. The fraction of sp³-hybridized carbons (Fsp3) is 0.235. The zero-order valence-corrected chi connectivity index (χ0v) is 16.8. The normalized spacial score (nSPS) is 10.8. The lowest BCUT2D eigenvalue weighted by Gasteiger charge is -2.21. The summed E-state index contributed by atoms with van der Waals surface area (Å²) in [5, 5.41) is 11.8. The number of tetrazole rings is 1.